The monoisotopic (exact) mass is 1170 g/mol. The summed E-state index contributed by atoms with van der Waals surface area (Å²) in [6.45, 7) is 14.0. The average molecular weight is 1170 g/mol. The van der Waals surface area contributed by atoms with Crippen molar-refractivity contribution in [1.29, 1.82) is 0 Å². The van der Waals surface area contributed by atoms with Crippen LogP contribution in [0, 0.1) is 27.7 Å². The molecule has 0 aliphatic rings. The van der Waals surface area contributed by atoms with Crippen LogP contribution in [0.25, 0.3) is 23.3 Å². The van der Waals surface area contributed by atoms with Gasteiger partial charge in [0, 0.05) is 46.5 Å². The lowest BCUT2D eigenvalue weighted by Gasteiger charge is -2.26. The summed E-state index contributed by atoms with van der Waals surface area (Å²) in [5, 5.41) is 0. The van der Waals surface area contributed by atoms with Gasteiger partial charge in [0.25, 0.3) is 0 Å². The van der Waals surface area contributed by atoms with Gasteiger partial charge in [0.1, 0.15) is 23.0 Å². The Morgan fingerprint density at radius 2 is 0.573 bits per heavy atom. The van der Waals surface area contributed by atoms with Crippen molar-refractivity contribution < 1.29 is 28.5 Å². The SMILES string of the molecule is COc1ccc(C(=Cc2ccc(N(c3ccc(C)cc3)c3ccc(C)cc3)cc2)c2ccc(C(=Cc3ccc(N(c4ccc(C)cc4)c4ccc(C)cc4)cc3)c3ccc(OC(=O)Oc4ccc(C(C)(C)c5ccc(OC(C)=O)cc5)cc4)cc3)cc2)cc1. The first-order valence-electron chi connectivity index (χ1n) is 29.8. The first-order valence-corrected chi connectivity index (χ1v) is 29.8. The Morgan fingerprint density at radius 1 is 0.326 bits per heavy atom. The highest BCUT2D eigenvalue weighted by Gasteiger charge is 2.24. The molecule has 0 atom stereocenters. The van der Waals surface area contributed by atoms with Gasteiger partial charge in [0.2, 0.25) is 0 Å². The van der Waals surface area contributed by atoms with Crippen molar-refractivity contribution >= 4 is 69.5 Å². The van der Waals surface area contributed by atoms with Crippen LogP contribution in [0.15, 0.2) is 267 Å². The van der Waals surface area contributed by atoms with E-state index in [4.69, 9.17) is 18.9 Å². The molecule has 0 N–H and O–H groups in total. The van der Waals surface area contributed by atoms with Crippen molar-refractivity contribution in [3.8, 4) is 23.0 Å². The molecule has 0 saturated heterocycles. The lowest BCUT2D eigenvalue weighted by molar-refractivity contribution is -0.131. The molecule has 0 unspecified atom stereocenters. The maximum absolute atomic E-state index is 13.4. The van der Waals surface area contributed by atoms with Gasteiger partial charge in [-0.15, -0.1) is 0 Å². The number of aryl methyl sites for hydroxylation is 4. The zero-order valence-corrected chi connectivity index (χ0v) is 51.4. The van der Waals surface area contributed by atoms with Crippen LogP contribution in [-0.2, 0) is 10.2 Å². The smallest absolute Gasteiger partial charge is 0.497 e. The van der Waals surface area contributed by atoms with Crippen LogP contribution < -0.4 is 28.7 Å². The zero-order chi connectivity index (χ0) is 62.0. The van der Waals surface area contributed by atoms with Crippen LogP contribution in [0.1, 0.15) is 87.5 Å². The first-order chi connectivity index (χ1) is 43.1. The molecule has 11 aromatic rings. The third-order valence-corrected chi connectivity index (χ3v) is 16.0. The second-order valence-electron chi connectivity index (χ2n) is 22.9. The summed E-state index contributed by atoms with van der Waals surface area (Å²) in [6, 6.07) is 91.1. The molecule has 8 heteroatoms. The second kappa shape index (κ2) is 26.8. The lowest BCUT2D eigenvalue weighted by atomic mass is 9.78. The van der Waals surface area contributed by atoms with Crippen molar-refractivity contribution in [3.63, 3.8) is 0 Å². The van der Waals surface area contributed by atoms with Gasteiger partial charge < -0.3 is 28.7 Å². The molecule has 440 valence electrons. The third-order valence-electron chi connectivity index (χ3n) is 16.0. The largest absolute Gasteiger partial charge is 0.519 e. The summed E-state index contributed by atoms with van der Waals surface area (Å²) in [6.07, 6.45) is 3.59. The summed E-state index contributed by atoms with van der Waals surface area (Å²) >= 11 is 0. The molecule has 0 saturated carbocycles. The number of carbonyl (C=O) groups excluding carboxylic acids is 2. The molecule has 0 fully saturated rings. The van der Waals surface area contributed by atoms with E-state index >= 15 is 0 Å². The van der Waals surface area contributed by atoms with Crippen molar-refractivity contribution in [2.75, 3.05) is 16.9 Å². The number of benzene rings is 11. The Labute approximate surface area is 522 Å². The number of hydrogen-bond donors (Lipinski definition) is 0. The summed E-state index contributed by atoms with van der Waals surface area (Å²) in [4.78, 5) is 29.4. The minimum absolute atomic E-state index is 0.334. The highest BCUT2D eigenvalue weighted by atomic mass is 16.7. The van der Waals surface area contributed by atoms with E-state index in [1.807, 2.05) is 48.5 Å². The highest BCUT2D eigenvalue weighted by Crippen LogP contribution is 2.40. The van der Waals surface area contributed by atoms with Crippen molar-refractivity contribution in [1.82, 2.24) is 0 Å². The predicted octanol–water partition coefficient (Wildman–Crippen LogP) is 20.9. The molecule has 11 rings (SSSR count). The van der Waals surface area contributed by atoms with Crippen LogP contribution in [0.2, 0.25) is 0 Å². The molecule has 0 bridgehead atoms. The van der Waals surface area contributed by atoms with Gasteiger partial charge in [-0.25, -0.2) is 4.79 Å². The Morgan fingerprint density at radius 3 is 0.854 bits per heavy atom. The van der Waals surface area contributed by atoms with Gasteiger partial charge in [-0.3, -0.25) is 4.79 Å². The van der Waals surface area contributed by atoms with Crippen LogP contribution in [0.5, 0.6) is 23.0 Å². The average Bonchev–Trinajstić information content (AvgIpc) is 1.37. The van der Waals surface area contributed by atoms with Crippen molar-refractivity contribution in [2.24, 2.45) is 0 Å². The molecule has 0 heterocycles. The topological polar surface area (TPSA) is 77.5 Å². The van der Waals surface area contributed by atoms with Gasteiger partial charge in [-0.05, 0) is 217 Å². The molecular weight excluding hydrogens is 1100 g/mol. The Hall–Kier alpha value is -11.0. The van der Waals surface area contributed by atoms with Gasteiger partial charge in [-0.2, -0.15) is 0 Å². The van der Waals surface area contributed by atoms with E-state index in [0.29, 0.717) is 17.2 Å². The van der Waals surface area contributed by atoms with E-state index in [9.17, 15) is 9.59 Å². The fourth-order valence-electron chi connectivity index (χ4n) is 10.8. The van der Waals surface area contributed by atoms with Crippen molar-refractivity contribution in [3.05, 3.63) is 334 Å². The van der Waals surface area contributed by atoms with E-state index in [1.165, 1.54) is 29.2 Å². The Balaban J connectivity index is 0.899. The lowest BCUT2D eigenvalue weighted by Crippen LogP contribution is -2.19. The first kappa shape index (κ1) is 59.8. The number of anilines is 6. The highest BCUT2D eigenvalue weighted by molar-refractivity contribution is 5.95. The number of esters is 1. The quantitative estimate of drug-likeness (QED) is 0.0364. The van der Waals surface area contributed by atoms with Crippen LogP contribution in [-0.4, -0.2) is 19.2 Å². The standard InChI is InChI=1S/C81H70N2O6/c1-55-9-33-68(34-10-55)82(69-35-11-56(2)12-36-69)72-41-17-60(18-42-72)53-78(64-25-45-74(86-8)46-26-64)62-21-23-63(24-22-62)79(54-61-19-43-73(44-20-61)83(70-37-13-57(3)14-38-70)71-39-15-58(4)16-40-71)65-27-47-76(48-28-65)88-80(85)89-77-51-31-67(32-52-77)81(6,7)66-29-49-75(50-30-66)87-59(5)84/h9-54H,1-8H3. The molecule has 11 aromatic carbocycles. The van der Waals surface area contributed by atoms with Gasteiger partial charge in [0.05, 0.1) is 7.11 Å². The molecule has 89 heavy (non-hydrogen) atoms. The minimum atomic E-state index is -0.856. The van der Waals surface area contributed by atoms with Gasteiger partial charge in [0.15, 0.2) is 0 Å². The van der Waals surface area contributed by atoms with Crippen LogP contribution in [0.4, 0.5) is 38.9 Å². The van der Waals surface area contributed by atoms with Crippen LogP contribution in [0.3, 0.4) is 0 Å². The molecule has 8 nitrogen and oxygen atoms in total. The second-order valence-corrected chi connectivity index (χ2v) is 22.9. The van der Waals surface area contributed by atoms with E-state index in [2.05, 4.69) is 245 Å². The van der Waals surface area contributed by atoms with E-state index in [1.54, 1.807) is 43.5 Å². The molecular formula is C81H70N2O6. The maximum atomic E-state index is 13.4. The summed E-state index contributed by atoms with van der Waals surface area (Å²) in [5.41, 5.74) is 20.9. The summed E-state index contributed by atoms with van der Waals surface area (Å²) < 4.78 is 22.3. The van der Waals surface area contributed by atoms with E-state index in [0.717, 1.165) is 95.5 Å². The number of rotatable bonds is 18. The number of nitrogens with zero attached hydrogens (tertiary/aromatic N) is 2. The van der Waals surface area contributed by atoms with Crippen LogP contribution >= 0.6 is 0 Å². The molecule has 0 aliphatic carbocycles. The normalized spacial score (nSPS) is 11.6. The van der Waals surface area contributed by atoms with Crippen molar-refractivity contribution in [2.45, 2.75) is 53.9 Å². The number of methoxy groups -OCH3 is 1. The van der Waals surface area contributed by atoms with Gasteiger partial charge in [-0.1, -0.05) is 182 Å². The predicted molar refractivity (Wildman–Crippen MR) is 364 cm³/mol. The maximum Gasteiger partial charge on any atom is 0.519 e. The molecule has 0 amide bonds. The fourth-order valence-corrected chi connectivity index (χ4v) is 10.8. The Kier molecular flexibility index (Phi) is 18.0. The zero-order valence-electron chi connectivity index (χ0n) is 51.4. The summed E-state index contributed by atoms with van der Waals surface area (Å²) in [5.74, 6) is 1.58. The molecule has 0 aliphatic heterocycles. The number of hydrogen-bond acceptors (Lipinski definition) is 8. The minimum Gasteiger partial charge on any atom is -0.497 e. The van der Waals surface area contributed by atoms with E-state index < -0.39 is 6.16 Å². The van der Waals surface area contributed by atoms with E-state index in [-0.39, 0.29) is 11.4 Å². The fraction of sp³-hybridized carbons (Fsp3) is 0.111. The Bertz CT molecular complexity index is 4180. The molecule has 0 spiro atoms. The van der Waals surface area contributed by atoms with Gasteiger partial charge >= 0.3 is 12.1 Å². The molecule has 0 aromatic heterocycles. The third kappa shape index (κ3) is 14.5. The number of ether oxygens (including phenoxy) is 4. The summed E-state index contributed by atoms with van der Waals surface area (Å²) in [7, 11) is 1.68. The number of carbonyl (C=O) groups is 2. The molecule has 0 radical (unpaired) electrons.